The number of methoxy groups -OCH3 is 1. The van der Waals surface area contributed by atoms with Gasteiger partial charge in [-0.05, 0) is 24.6 Å². The highest BCUT2D eigenvalue weighted by molar-refractivity contribution is 8.13. The van der Waals surface area contributed by atoms with Gasteiger partial charge in [-0.3, -0.25) is 4.79 Å². The van der Waals surface area contributed by atoms with E-state index in [2.05, 4.69) is 0 Å². The molecule has 0 aliphatic carbocycles. The van der Waals surface area contributed by atoms with Crippen molar-refractivity contribution in [1.29, 1.82) is 0 Å². The molecule has 2 rings (SSSR count). The Morgan fingerprint density at radius 1 is 1.48 bits per heavy atom. The van der Waals surface area contributed by atoms with Crippen LogP contribution in [0.5, 0.6) is 5.75 Å². The van der Waals surface area contributed by atoms with Crippen molar-refractivity contribution >= 4 is 25.6 Å². The van der Waals surface area contributed by atoms with Crippen LogP contribution in [0.1, 0.15) is 16.8 Å². The van der Waals surface area contributed by atoms with Crippen LogP contribution in [-0.2, 0) is 13.8 Å². The summed E-state index contributed by atoms with van der Waals surface area (Å²) in [5, 5.41) is 0. The molecule has 1 aromatic rings. The Labute approximate surface area is 128 Å². The second-order valence-electron chi connectivity index (χ2n) is 4.74. The molecule has 0 bridgehead atoms. The normalized spacial score (nSPS) is 18.5. The average Bonchev–Trinajstić information content (AvgIpc) is 2.98. The summed E-state index contributed by atoms with van der Waals surface area (Å²) >= 11 is 0. The predicted octanol–water partition coefficient (Wildman–Crippen LogP) is 1.48. The summed E-state index contributed by atoms with van der Waals surface area (Å²) in [6.07, 6.45) is 0.763. The van der Waals surface area contributed by atoms with Gasteiger partial charge in [-0.25, -0.2) is 8.42 Å². The van der Waals surface area contributed by atoms with E-state index in [9.17, 15) is 13.2 Å². The Kier molecular flexibility index (Phi) is 4.75. The van der Waals surface area contributed by atoms with Crippen LogP contribution in [0.3, 0.4) is 0 Å². The Balaban J connectivity index is 2.33. The number of carbonyl (C=O) groups is 1. The predicted molar refractivity (Wildman–Crippen MR) is 77.4 cm³/mol. The van der Waals surface area contributed by atoms with Gasteiger partial charge in [0.1, 0.15) is 10.6 Å². The number of hydrogen-bond acceptors (Lipinski definition) is 5. The summed E-state index contributed by atoms with van der Waals surface area (Å²) in [6.45, 7) is 1.10. The van der Waals surface area contributed by atoms with Crippen molar-refractivity contribution in [2.75, 3.05) is 27.4 Å². The third-order valence-electron chi connectivity index (χ3n) is 3.45. The van der Waals surface area contributed by atoms with Gasteiger partial charge < -0.3 is 14.4 Å². The number of amides is 1. The minimum absolute atomic E-state index is 0.00402. The number of hydrogen-bond donors (Lipinski definition) is 0. The van der Waals surface area contributed by atoms with Gasteiger partial charge in [0.2, 0.25) is 0 Å². The van der Waals surface area contributed by atoms with Crippen LogP contribution in [0, 0.1) is 0 Å². The van der Waals surface area contributed by atoms with Gasteiger partial charge in [0.25, 0.3) is 15.0 Å². The summed E-state index contributed by atoms with van der Waals surface area (Å²) < 4.78 is 33.3. The van der Waals surface area contributed by atoms with E-state index in [-0.39, 0.29) is 28.2 Å². The SMILES string of the molecule is COc1ccc(C(=O)N(C)C2CCOC2)cc1S(=O)(=O)Cl. The van der Waals surface area contributed by atoms with Crippen molar-refractivity contribution < 1.29 is 22.7 Å². The molecule has 1 amide bonds. The topological polar surface area (TPSA) is 72.9 Å². The van der Waals surface area contributed by atoms with E-state index in [0.717, 1.165) is 6.42 Å². The highest BCUT2D eigenvalue weighted by Crippen LogP contribution is 2.28. The maximum Gasteiger partial charge on any atom is 0.265 e. The Bertz CT molecular complexity index is 640. The molecule has 0 saturated carbocycles. The first-order chi connectivity index (χ1) is 9.84. The Morgan fingerprint density at radius 3 is 2.71 bits per heavy atom. The third kappa shape index (κ3) is 3.48. The minimum atomic E-state index is -3.99. The van der Waals surface area contributed by atoms with Crippen LogP contribution in [-0.4, -0.2) is 52.6 Å². The zero-order valence-electron chi connectivity index (χ0n) is 11.7. The van der Waals surface area contributed by atoms with E-state index >= 15 is 0 Å². The van der Waals surface area contributed by atoms with Gasteiger partial charge >= 0.3 is 0 Å². The van der Waals surface area contributed by atoms with E-state index in [1.165, 1.54) is 25.3 Å². The summed E-state index contributed by atoms with van der Waals surface area (Å²) in [7, 11) is 4.38. The lowest BCUT2D eigenvalue weighted by molar-refractivity contribution is 0.0711. The van der Waals surface area contributed by atoms with Gasteiger partial charge in [0.05, 0.1) is 19.8 Å². The summed E-state index contributed by atoms with van der Waals surface area (Å²) in [6, 6.07) is 4.16. The average molecular weight is 334 g/mol. The molecule has 0 N–H and O–H groups in total. The van der Waals surface area contributed by atoms with Crippen molar-refractivity contribution in [2.45, 2.75) is 17.4 Å². The summed E-state index contributed by atoms with van der Waals surface area (Å²) in [4.78, 5) is 13.7. The molecular formula is C13H16ClNO5S. The fourth-order valence-electron chi connectivity index (χ4n) is 2.20. The number of carbonyl (C=O) groups excluding carboxylic acids is 1. The van der Waals surface area contributed by atoms with Gasteiger partial charge in [0.15, 0.2) is 0 Å². The van der Waals surface area contributed by atoms with Gasteiger partial charge in [-0.15, -0.1) is 0 Å². The Morgan fingerprint density at radius 2 is 2.19 bits per heavy atom. The standard InChI is InChI=1S/C13H16ClNO5S/c1-15(10-5-6-20-8-10)13(16)9-3-4-11(19-2)12(7-9)21(14,17)18/h3-4,7,10H,5-6,8H2,1-2H3. The van der Waals surface area contributed by atoms with Crippen molar-refractivity contribution in [3.63, 3.8) is 0 Å². The number of likely N-dealkylation sites (N-methyl/N-ethyl adjacent to an activating group) is 1. The smallest absolute Gasteiger partial charge is 0.265 e. The molecule has 116 valence electrons. The fraction of sp³-hybridized carbons (Fsp3) is 0.462. The largest absolute Gasteiger partial charge is 0.495 e. The molecule has 1 saturated heterocycles. The van der Waals surface area contributed by atoms with Crippen LogP contribution >= 0.6 is 10.7 Å². The van der Waals surface area contributed by atoms with Crippen molar-refractivity contribution in [1.82, 2.24) is 4.90 Å². The number of ether oxygens (including phenoxy) is 2. The number of rotatable bonds is 4. The zero-order chi connectivity index (χ0) is 15.6. The zero-order valence-corrected chi connectivity index (χ0v) is 13.3. The van der Waals surface area contributed by atoms with E-state index in [4.69, 9.17) is 20.2 Å². The maximum absolute atomic E-state index is 12.4. The highest BCUT2D eigenvalue weighted by Gasteiger charge is 2.26. The lowest BCUT2D eigenvalue weighted by Crippen LogP contribution is -2.37. The molecule has 1 aromatic carbocycles. The second-order valence-corrected chi connectivity index (χ2v) is 7.27. The maximum atomic E-state index is 12.4. The molecular weight excluding hydrogens is 318 g/mol. The monoisotopic (exact) mass is 333 g/mol. The number of halogens is 1. The molecule has 8 heteroatoms. The molecule has 1 aliphatic rings. The molecule has 21 heavy (non-hydrogen) atoms. The van der Waals surface area contributed by atoms with E-state index in [1.807, 2.05) is 0 Å². The van der Waals surface area contributed by atoms with Gasteiger partial charge in [-0.1, -0.05) is 0 Å². The van der Waals surface area contributed by atoms with Crippen LogP contribution in [0.4, 0.5) is 0 Å². The second kappa shape index (κ2) is 6.21. The first-order valence-corrected chi connectivity index (χ1v) is 8.63. The van der Waals surface area contributed by atoms with Gasteiger partial charge in [-0.2, -0.15) is 0 Å². The van der Waals surface area contributed by atoms with Crippen LogP contribution in [0.15, 0.2) is 23.1 Å². The molecule has 1 atom stereocenters. The molecule has 0 radical (unpaired) electrons. The molecule has 1 unspecified atom stereocenters. The quantitative estimate of drug-likeness (QED) is 0.780. The summed E-state index contributed by atoms with van der Waals surface area (Å²) in [5.74, 6) is -0.178. The van der Waals surface area contributed by atoms with E-state index in [0.29, 0.717) is 13.2 Å². The molecule has 1 aliphatic heterocycles. The first kappa shape index (κ1) is 16.1. The molecule has 1 heterocycles. The van der Waals surface area contributed by atoms with Gasteiger partial charge in [0, 0.05) is 29.9 Å². The van der Waals surface area contributed by atoms with Crippen molar-refractivity contribution in [3.8, 4) is 5.75 Å². The Hall–Kier alpha value is -1.31. The highest BCUT2D eigenvalue weighted by atomic mass is 35.7. The molecule has 0 aromatic heterocycles. The van der Waals surface area contributed by atoms with Crippen LogP contribution in [0.2, 0.25) is 0 Å². The van der Waals surface area contributed by atoms with E-state index < -0.39 is 9.05 Å². The third-order valence-corrected chi connectivity index (χ3v) is 4.79. The lowest BCUT2D eigenvalue weighted by atomic mass is 10.1. The van der Waals surface area contributed by atoms with Crippen molar-refractivity contribution in [2.24, 2.45) is 0 Å². The minimum Gasteiger partial charge on any atom is -0.495 e. The van der Waals surface area contributed by atoms with Crippen LogP contribution < -0.4 is 4.74 Å². The van der Waals surface area contributed by atoms with Crippen molar-refractivity contribution in [3.05, 3.63) is 23.8 Å². The van der Waals surface area contributed by atoms with E-state index in [1.54, 1.807) is 11.9 Å². The molecule has 1 fully saturated rings. The number of benzene rings is 1. The molecule has 0 spiro atoms. The number of nitrogens with zero attached hydrogens (tertiary/aromatic N) is 1. The lowest BCUT2D eigenvalue weighted by Gasteiger charge is -2.23. The summed E-state index contributed by atoms with van der Waals surface area (Å²) in [5.41, 5.74) is 0.240. The first-order valence-electron chi connectivity index (χ1n) is 6.32. The molecule has 6 nitrogen and oxygen atoms in total. The fourth-order valence-corrected chi connectivity index (χ4v) is 3.22. The van der Waals surface area contributed by atoms with Crippen LogP contribution in [0.25, 0.3) is 0 Å².